The van der Waals surface area contributed by atoms with Gasteiger partial charge in [-0.2, -0.15) is 0 Å². The molecule has 2 N–H and O–H groups in total. The average Bonchev–Trinajstić information content (AvgIpc) is 3.59. The largest absolute Gasteiger partial charge is 0.361 e. The third-order valence-electron chi connectivity index (χ3n) is 8.25. The van der Waals surface area contributed by atoms with Crippen LogP contribution < -0.4 is 4.90 Å². The first-order valence-corrected chi connectivity index (χ1v) is 13.3. The number of aryl methyl sites for hydroxylation is 2. The molecule has 38 heavy (non-hydrogen) atoms. The number of carbonyl (C=O) groups excluding carboxylic acids is 1. The summed E-state index contributed by atoms with van der Waals surface area (Å²) in [5.41, 5.74) is 8.68. The molecule has 4 nitrogen and oxygen atoms in total. The molecule has 1 aliphatic heterocycles. The van der Waals surface area contributed by atoms with E-state index in [9.17, 15) is 4.79 Å². The van der Waals surface area contributed by atoms with Crippen molar-refractivity contribution in [2.45, 2.75) is 32.2 Å². The fraction of sp³-hybridized carbons (Fsp3) is 0.147. The Kier molecular flexibility index (Phi) is 5.05. The number of aromatic nitrogens is 2. The van der Waals surface area contributed by atoms with Crippen molar-refractivity contribution in [3.63, 3.8) is 0 Å². The van der Waals surface area contributed by atoms with E-state index in [2.05, 4.69) is 78.4 Å². The van der Waals surface area contributed by atoms with E-state index in [4.69, 9.17) is 0 Å². The number of carbonyl (C=O) groups is 1. The van der Waals surface area contributed by atoms with E-state index in [1.54, 1.807) is 0 Å². The Morgan fingerprint density at radius 1 is 0.789 bits per heavy atom. The number of fused-ring (bicyclic) bond motifs is 3. The molecular formula is C34H29N3O. The Morgan fingerprint density at radius 2 is 1.55 bits per heavy atom. The lowest BCUT2D eigenvalue weighted by Gasteiger charge is -2.30. The quantitative estimate of drug-likeness (QED) is 0.257. The lowest BCUT2D eigenvalue weighted by Crippen LogP contribution is -2.42. The van der Waals surface area contributed by atoms with Gasteiger partial charge in [-0.05, 0) is 48.2 Å². The van der Waals surface area contributed by atoms with Crippen LogP contribution in [0.5, 0.6) is 0 Å². The van der Waals surface area contributed by atoms with Gasteiger partial charge in [0.2, 0.25) is 5.91 Å². The van der Waals surface area contributed by atoms with E-state index in [0.29, 0.717) is 6.54 Å². The van der Waals surface area contributed by atoms with Crippen molar-refractivity contribution in [2.24, 2.45) is 0 Å². The van der Waals surface area contributed by atoms with Crippen molar-refractivity contribution in [1.29, 1.82) is 0 Å². The van der Waals surface area contributed by atoms with Gasteiger partial charge in [0.25, 0.3) is 0 Å². The van der Waals surface area contributed by atoms with Crippen molar-refractivity contribution in [3.05, 3.63) is 137 Å². The zero-order valence-electron chi connectivity index (χ0n) is 21.6. The first-order chi connectivity index (χ1) is 18.6. The summed E-state index contributed by atoms with van der Waals surface area (Å²) < 4.78 is 0. The lowest BCUT2D eigenvalue weighted by atomic mass is 9.70. The fourth-order valence-electron chi connectivity index (χ4n) is 6.53. The maximum Gasteiger partial charge on any atom is 0.247 e. The number of benzene rings is 4. The molecule has 1 amide bonds. The number of H-pyrrole nitrogens is 2. The number of aromatic amines is 2. The summed E-state index contributed by atoms with van der Waals surface area (Å²) in [6.45, 7) is 4.84. The highest BCUT2D eigenvalue weighted by molar-refractivity contribution is 6.15. The zero-order valence-corrected chi connectivity index (χ0v) is 21.6. The van der Waals surface area contributed by atoms with Crippen molar-refractivity contribution in [3.8, 4) is 0 Å². The van der Waals surface area contributed by atoms with Crippen molar-refractivity contribution >= 4 is 33.4 Å². The summed E-state index contributed by atoms with van der Waals surface area (Å²) in [4.78, 5) is 24.0. The van der Waals surface area contributed by atoms with Crippen molar-refractivity contribution in [2.75, 3.05) is 4.90 Å². The van der Waals surface area contributed by atoms with Crippen LogP contribution in [0.4, 0.5) is 5.69 Å². The smallest absolute Gasteiger partial charge is 0.247 e. The van der Waals surface area contributed by atoms with E-state index in [1.165, 1.54) is 16.6 Å². The fourth-order valence-corrected chi connectivity index (χ4v) is 6.53. The Bertz CT molecular complexity index is 1830. The third kappa shape index (κ3) is 3.07. The van der Waals surface area contributed by atoms with Crippen LogP contribution in [-0.4, -0.2) is 15.9 Å². The van der Waals surface area contributed by atoms with Crippen molar-refractivity contribution < 1.29 is 4.79 Å². The van der Waals surface area contributed by atoms with Crippen molar-refractivity contribution in [1.82, 2.24) is 9.97 Å². The van der Waals surface area contributed by atoms with E-state index in [1.807, 2.05) is 53.6 Å². The topological polar surface area (TPSA) is 51.9 Å². The predicted octanol–water partition coefficient (Wildman–Crippen LogP) is 7.40. The number of para-hydroxylation sites is 2. The number of hydrogen-bond acceptors (Lipinski definition) is 1. The molecule has 0 aliphatic carbocycles. The molecule has 1 unspecified atom stereocenters. The molecule has 0 bridgehead atoms. The normalized spacial score (nSPS) is 17.0. The van der Waals surface area contributed by atoms with E-state index in [0.717, 1.165) is 50.8 Å². The molecule has 2 aromatic heterocycles. The highest BCUT2D eigenvalue weighted by Crippen LogP contribution is 2.52. The number of anilines is 1. The highest BCUT2D eigenvalue weighted by atomic mass is 16.2. The van der Waals surface area contributed by atoms with Crippen LogP contribution in [-0.2, 0) is 23.2 Å². The van der Waals surface area contributed by atoms with E-state index >= 15 is 0 Å². The number of amides is 1. The molecule has 186 valence electrons. The Hall–Kier alpha value is -4.57. The summed E-state index contributed by atoms with van der Waals surface area (Å²) in [6, 6.07) is 33.4. The maximum absolute atomic E-state index is 15.0. The van der Waals surface area contributed by atoms with Crippen LogP contribution in [0.3, 0.4) is 0 Å². The lowest BCUT2D eigenvalue weighted by molar-refractivity contribution is -0.120. The number of hydrogen-bond donors (Lipinski definition) is 2. The molecule has 0 saturated heterocycles. The molecule has 1 atom stereocenters. The van der Waals surface area contributed by atoms with Gasteiger partial charge < -0.3 is 14.9 Å². The molecule has 3 heterocycles. The molecule has 0 saturated carbocycles. The summed E-state index contributed by atoms with van der Waals surface area (Å²) >= 11 is 0. The van der Waals surface area contributed by atoms with Crippen LogP contribution in [0.2, 0.25) is 0 Å². The van der Waals surface area contributed by atoms with Gasteiger partial charge in [0.1, 0.15) is 5.41 Å². The van der Waals surface area contributed by atoms with Gasteiger partial charge >= 0.3 is 0 Å². The van der Waals surface area contributed by atoms with Gasteiger partial charge in [-0.25, -0.2) is 0 Å². The molecule has 0 fully saturated rings. The van der Waals surface area contributed by atoms with Gasteiger partial charge in [0, 0.05) is 50.5 Å². The summed E-state index contributed by atoms with van der Waals surface area (Å²) in [6.07, 6.45) is 3.00. The Morgan fingerprint density at radius 3 is 2.39 bits per heavy atom. The Balaban J connectivity index is 1.54. The van der Waals surface area contributed by atoms with E-state index < -0.39 is 5.41 Å². The van der Waals surface area contributed by atoms with Gasteiger partial charge in [-0.15, -0.1) is 0 Å². The second-order valence-corrected chi connectivity index (χ2v) is 10.2. The van der Waals surface area contributed by atoms with Gasteiger partial charge in [0.15, 0.2) is 0 Å². The van der Waals surface area contributed by atoms with Gasteiger partial charge in [0.05, 0.1) is 6.54 Å². The molecule has 6 aromatic rings. The molecule has 4 aromatic carbocycles. The molecule has 1 aliphatic rings. The minimum absolute atomic E-state index is 0.0747. The monoisotopic (exact) mass is 495 g/mol. The standard InChI is InChI=1S/C34H29N3O/c1-3-25-22(2)36-31-19-24(17-18-26(25)31)34(29-20-35-30-15-9-7-13-27(29)30)28-14-8-10-16-32(28)37(33(34)38)21-23-11-5-4-6-12-23/h4-20,35-36H,3,21H2,1-2H3. The predicted molar refractivity (Wildman–Crippen MR) is 155 cm³/mol. The Labute approximate surface area is 221 Å². The van der Waals surface area contributed by atoms with Gasteiger partial charge in [-0.3, -0.25) is 4.79 Å². The molecule has 7 rings (SSSR count). The van der Waals surface area contributed by atoms with Crippen LogP contribution in [0, 0.1) is 6.92 Å². The third-order valence-corrected chi connectivity index (χ3v) is 8.25. The SMILES string of the molecule is CCc1c(C)[nH]c2cc(C3(c4c[nH]c5ccccc45)C(=O)N(Cc4ccccc4)c4ccccc43)ccc12. The minimum atomic E-state index is -0.982. The van der Waals surface area contributed by atoms with Crippen LogP contribution in [0.15, 0.2) is 103 Å². The number of nitrogens with zero attached hydrogens (tertiary/aromatic N) is 1. The summed E-state index contributed by atoms with van der Waals surface area (Å²) in [7, 11) is 0. The maximum atomic E-state index is 15.0. The summed E-state index contributed by atoms with van der Waals surface area (Å²) in [5.74, 6) is 0.0747. The second kappa shape index (κ2) is 8.49. The summed E-state index contributed by atoms with van der Waals surface area (Å²) in [5, 5.41) is 2.29. The van der Waals surface area contributed by atoms with Gasteiger partial charge in [-0.1, -0.05) is 85.8 Å². The average molecular weight is 496 g/mol. The number of nitrogens with one attached hydrogen (secondary N) is 2. The van der Waals surface area contributed by atoms with E-state index in [-0.39, 0.29) is 5.91 Å². The van der Waals surface area contributed by atoms with Crippen LogP contribution in [0.1, 0.15) is 40.4 Å². The molecular weight excluding hydrogens is 466 g/mol. The molecule has 0 spiro atoms. The van der Waals surface area contributed by atoms with Crippen LogP contribution >= 0.6 is 0 Å². The molecule has 0 radical (unpaired) electrons. The molecule has 4 heteroatoms. The second-order valence-electron chi connectivity index (χ2n) is 10.2. The highest BCUT2D eigenvalue weighted by Gasteiger charge is 2.54. The first kappa shape index (κ1) is 22.6. The number of rotatable bonds is 5. The first-order valence-electron chi connectivity index (χ1n) is 13.3. The zero-order chi connectivity index (χ0) is 25.9. The minimum Gasteiger partial charge on any atom is -0.361 e. The van der Waals surface area contributed by atoms with Crippen LogP contribution in [0.25, 0.3) is 21.8 Å².